The van der Waals surface area contributed by atoms with Gasteiger partial charge in [-0.2, -0.15) is 5.26 Å². The molecule has 3 nitrogen and oxygen atoms in total. The van der Waals surface area contributed by atoms with Gasteiger partial charge in [-0.15, -0.1) is 0 Å². The van der Waals surface area contributed by atoms with E-state index < -0.39 is 0 Å². The Hall–Kier alpha value is -2.31. The topological polar surface area (TPSA) is 45.0 Å². The van der Waals surface area contributed by atoms with Crippen LogP contribution >= 0.6 is 0 Å². The summed E-state index contributed by atoms with van der Waals surface area (Å²) in [6.45, 7) is 3.00. The Bertz CT molecular complexity index is 737. The quantitative estimate of drug-likeness (QED) is 0.876. The van der Waals surface area contributed by atoms with Gasteiger partial charge in [0.05, 0.1) is 18.6 Å². The van der Waals surface area contributed by atoms with Gasteiger partial charge in [0.1, 0.15) is 5.75 Å². The predicted octanol–water partition coefficient (Wildman–Crippen LogP) is 4.50. The number of nitriles is 1. The minimum Gasteiger partial charge on any atom is -0.497 e. The van der Waals surface area contributed by atoms with Crippen LogP contribution in [0.1, 0.15) is 42.4 Å². The molecule has 0 spiro atoms. The molecule has 2 aromatic rings. The van der Waals surface area contributed by atoms with Crippen LogP contribution in [0.3, 0.4) is 0 Å². The van der Waals surface area contributed by atoms with Crippen LogP contribution in [0, 0.1) is 18.3 Å². The van der Waals surface area contributed by atoms with E-state index in [4.69, 9.17) is 4.74 Å². The van der Waals surface area contributed by atoms with Gasteiger partial charge in [0, 0.05) is 12.6 Å². The molecule has 3 rings (SSSR count). The summed E-state index contributed by atoms with van der Waals surface area (Å²) in [4.78, 5) is 0. The van der Waals surface area contributed by atoms with Gasteiger partial charge in [-0.25, -0.2) is 0 Å². The molecule has 25 heavy (non-hydrogen) atoms. The number of hydrogen-bond acceptors (Lipinski definition) is 3. The number of nitrogens with zero attached hydrogens (tertiary/aromatic N) is 1. The molecule has 0 radical (unpaired) electrons. The van der Waals surface area contributed by atoms with Gasteiger partial charge >= 0.3 is 0 Å². The summed E-state index contributed by atoms with van der Waals surface area (Å²) >= 11 is 0. The molecule has 0 unspecified atom stereocenters. The van der Waals surface area contributed by atoms with Crippen LogP contribution in [0.15, 0.2) is 48.5 Å². The predicted molar refractivity (Wildman–Crippen MR) is 101 cm³/mol. The summed E-state index contributed by atoms with van der Waals surface area (Å²) in [5.74, 6) is 0.826. The van der Waals surface area contributed by atoms with Crippen molar-refractivity contribution in [1.29, 1.82) is 5.26 Å². The van der Waals surface area contributed by atoms with Gasteiger partial charge in [0.2, 0.25) is 0 Å². The molecular weight excluding hydrogens is 308 g/mol. The first-order valence-electron chi connectivity index (χ1n) is 9.00. The highest BCUT2D eigenvalue weighted by Crippen LogP contribution is 2.40. The molecule has 0 amide bonds. The van der Waals surface area contributed by atoms with Crippen molar-refractivity contribution in [3.05, 3.63) is 65.2 Å². The molecule has 1 N–H and O–H groups in total. The van der Waals surface area contributed by atoms with Crippen LogP contribution < -0.4 is 10.1 Å². The summed E-state index contributed by atoms with van der Waals surface area (Å²) in [5, 5.41) is 13.5. The van der Waals surface area contributed by atoms with Crippen LogP contribution in [-0.4, -0.2) is 13.2 Å². The zero-order valence-electron chi connectivity index (χ0n) is 15.1. The molecule has 1 aliphatic rings. The van der Waals surface area contributed by atoms with Crippen molar-refractivity contribution in [1.82, 2.24) is 5.32 Å². The number of rotatable bonds is 5. The Kier molecular flexibility index (Phi) is 5.40. The van der Waals surface area contributed by atoms with Gasteiger partial charge in [0.25, 0.3) is 0 Å². The maximum atomic E-state index is 9.87. The lowest BCUT2D eigenvalue weighted by Crippen LogP contribution is -2.38. The lowest BCUT2D eigenvalue weighted by molar-refractivity contribution is 0.294. The average molecular weight is 334 g/mol. The van der Waals surface area contributed by atoms with Gasteiger partial charge < -0.3 is 10.1 Å². The molecule has 1 saturated carbocycles. The third kappa shape index (κ3) is 4.03. The summed E-state index contributed by atoms with van der Waals surface area (Å²) in [6.07, 6.45) is 3.83. The zero-order valence-corrected chi connectivity index (χ0v) is 15.1. The Morgan fingerprint density at radius 1 is 1.16 bits per heavy atom. The first-order valence-corrected chi connectivity index (χ1v) is 9.00. The van der Waals surface area contributed by atoms with Crippen molar-refractivity contribution in [3.8, 4) is 11.8 Å². The minimum atomic E-state index is -0.378. The van der Waals surface area contributed by atoms with E-state index in [1.54, 1.807) is 7.11 Å². The van der Waals surface area contributed by atoms with Gasteiger partial charge in [0.15, 0.2) is 0 Å². The van der Waals surface area contributed by atoms with E-state index in [2.05, 4.69) is 48.6 Å². The molecule has 0 heterocycles. The molecule has 2 aromatic carbocycles. The largest absolute Gasteiger partial charge is 0.497 e. The summed E-state index contributed by atoms with van der Waals surface area (Å²) in [5.41, 5.74) is 3.32. The third-order valence-electron chi connectivity index (χ3n) is 5.39. The highest BCUT2D eigenvalue weighted by Gasteiger charge is 2.37. The second-order valence-corrected chi connectivity index (χ2v) is 7.07. The average Bonchev–Trinajstić information content (AvgIpc) is 2.68. The lowest BCUT2D eigenvalue weighted by Gasteiger charge is -2.36. The summed E-state index contributed by atoms with van der Waals surface area (Å²) < 4.78 is 5.33. The fourth-order valence-electron chi connectivity index (χ4n) is 3.67. The maximum Gasteiger partial charge on any atom is 0.119 e. The molecular formula is C22H26N2O. The van der Waals surface area contributed by atoms with Crippen LogP contribution in [0.5, 0.6) is 5.75 Å². The van der Waals surface area contributed by atoms with Crippen molar-refractivity contribution in [2.75, 3.05) is 7.11 Å². The molecule has 1 aliphatic carbocycles. The Morgan fingerprint density at radius 3 is 2.52 bits per heavy atom. The van der Waals surface area contributed by atoms with E-state index in [9.17, 15) is 5.26 Å². The highest BCUT2D eigenvalue weighted by atomic mass is 16.5. The molecule has 130 valence electrons. The fourth-order valence-corrected chi connectivity index (χ4v) is 3.67. The highest BCUT2D eigenvalue weighted by molar-refractivity contribution is 5.38. The number of methoxy groups -OCH3 is 1. The molecule has 1 fully saturated rings. The Morgan fingerprint density at radius 2 is 1.88 bits per heavy atom. The SMILES string of the molecule is COc1cccc([C@]2(C#N)CC[C@H](NCc3ccc(C)cc3)CC2)c1. The van der Waals surface area contributed by atoms with Gasteiger partial charge in [-0.3, -0.25) is 0 Å². The molecule has 0 bridgehead atoms. The second-order valence-electron chi connectivity index (χ2n) is 7.07. The Balaban J connectivity index is 1.61. The number of benzene rings is 2. The lowest BCUT2D eigenvalue weighted by atomic mass is 9.69. The summed E-state index contributed by atoms with van der Waals surface area (Å²) in [6, 6.07) is 19.7. The van der Waals surface area contributed by atoms with E-state index in [-0.39, 0.29) is 5.41 Å². The number of nitrogens with one attached hydrogen (secondary N) is 1. The van der Waals surface area contributed by atoms with Crippen LogP contribution in [-0.2, 0) is 12.0 Å². The van der Waals surface area contributed by atoms with E-state index >= 15 is 0 Å². The van der Waals surface area contributed by atoms with Crippen molar-refractivity contribution >= 4 is 0 Å². The van der Waals surface area contributed by atoms with Gasteiger partial charge in [-0.05, 0) is 55.9 Å². The standard InChI is InChI=1S/C22H26N2O/c1-17-6-8-18(9-7-17)15-24-20-10-12-22(16-23,13-11-20)19-4-3-5-21(14-19)25-2/h3-9,14,20,24H,10-13,15H2,1-2H3/t20-,22+. The van der Waals surface area contributed by atoms with Crippen LogP contribution in [0.2, 0.25) is 0 Å². The zero-order chi connectivity index (χ0) is 17.7. The molecule has 0 aliphatic heterocycles. The molecule has 0 saturated heterocycles. The number of aryl methyl sites for hydroxylation is 1. The fraction of sp³-hybridized carbons (Fsp3) is 0.409. The van der Waals surface area contributed by atoms with Crippen molar-refractivity contribution in [2.45, 2.75) is 50.6 Å². The second kappa shape index (κ2) is 7.72. The monoisotopic (exact) mass is 334 g/mol. The van der Waals surface area contributed by atoms with Crippen LogP contribution in [0.25, 0.3) is 0 Å². The van der Waals surface area contributed by atoms with E-state index in [1.165, 1.54) is 11.1 Å². The van der Waals surface area contributed by atoms with Crippen molar-refractivity contribution in [2.24, 2.45) is 0 Å². The minimum absolute atomic E-state index is 0.378. The van der Waals surface area contributed by atoms with Crippen molar-refractivity contribution < 1.29 is 4.74 Å². The Labute approximate surface area is 150 Å². The first-order chi connectivity index (χ1) is 12.1. The molecule has 0 atom stereocenters. The normalized spacial score (nSPS) is 23.0. The van der Waals surface area contributed by atoms with E-state index in [0.29, 0.717) is 6.04 Å². The van der Waals surface area contributed by atoms with Gasteiger partial charge in [-0.1, -0.05) is 42.0 Å². The molecule has 3 heteroatoms. The van der Waals surface area contributed by atoms with Crippen LogP contribution in [0.4, 0.5) is 0 Å². The van der Waals surface area contributed by atoms with E-state index in [0.717, 1.165) is 43.5 Å². The summed E-state index contributed by atoms with van der Waals surface area (Å²) in [7, 11) is 1.67. The first kappa shape index (κ1) is 17.5. The number of hydrogen-bond donors (Lipinski definition) is 1. The smallest absolute Gasteiger partial charge is 0.119 e. The third-order valence-corrected chi connectivity index (χ3v) is 5.39. The van der Waals surface area contributed by atoms with Crippen molar-refractivity contribution in [3.63, 3.8) is 0 Å². The maximum absolute atomic E-state index is 9.87. The number of ether oxygens (including phenoxy) is 1. The van der Waals surface area contributed by atoms with E-state index in [1.807, 2.05) is 18.2 Å². The molecule has 0 aromatic heterocycles.